The van der Waals surface area contributed by atoms with E-state index in [9.17, 15) is 4.39 Å². The Morgan fingerprint density at radius 2 is 1.84 bits per heavy atom. The lowest BCUT2D eigenvalue weighted by Gasteiger charge is -2.18. The average Bonchev–Trinajstić information content (AvgIpc) is 2.41. The molecule has 0 aliphatic carbocycles. The molecule has 0 bridgehead atoms. The van der Waals surface area contributed by atoms with Crippen molar-refractivity contribution in [3.8, 4) is 0 Å². The molecule has 0 aliphatic rings. The predicted octanol–water partition coefficient (Wildman–Crippen LogP) is 5.62. The largest absolute Gasteiger partial charge is 0.206 e. The van der Waals surface area contributed by atoms with E-state index in [2.05, 4.69) is 57.0 Å². The van der Waals surface area contributed by atoms with E-state index in [0.717, 1.165) is 17.3 Å². The fourth-order valence-corrected chi connectivity index (χ4v) is 3.27. The molecule has 0 amide bonds. The Morgan fingerprint density at radius 3 is 2.53 bits per heavy atom. The van der Waals surface area contributed by atoms with Crippen molar-refractivity contribution >= 4 is 31.9 Å². The van der Waals surface area contributed by atoms with Gasteiger partial charge in [-0.2, -0.15) is 0 Å². The minimum absolute atomic E-state index is 0.199. The van der Waals surface area contributed by atoms with Crippen molar-refractivity contribution in [3.05, 3.63) is 69.4 Å². The highest BCUT2D eigenvalue weighted by Gasteiger charge is 2.15. The number of halogens is 3. The van der Waals surface area contributed by atoms with E-state index in [1.54, 1.807) is 6.07 Å². The van der Waals surface area contributed by atoms with E-state index in [1.807, 2.05) is 12.1 Å². The van der Waals surface area contributed by atoms with Gasteiger partial charge in [-0.3, -0.25) is 0 Å². The molecule has 100 valence electrons. The summed E-state index contributed by atoms with van der Waals surface area (Å²) >= 11 is 6.92. The highest BCUT2D eigenvalue weighted by atomic mass is 79.9. The molecular weight excluding hydrogens is 371 g/mol. The van der Waals surface area contributed by atoms with Crippen LogP contribution in [0.2, 0.25) is 0 Å². The minimum Gasteiger partial charge on any atom is -0.206 e. The van der Waals surface area contributed by atoms with Crippen molar-refractivity contribution in [2.24, 2.45) is 0 Å². The zero-order valence-corrected chi connectivity index (χ0v) is 13.8. The van der Waals surface area contributed by atoms with Crippen LogP contribution >= 0.6 is 31.9 Å². The van der Waals surface area contributed by atoms with Crippen LogP contribution in [-0.2, 0) is 6.42 Å². The first-order valence-corrected chi connectivity index (χ1v) is 8.09. The van der Waals surface area contributed by atoms with Gasteiger partial charge in [0.2, 0.25) is 0 Å². The van der Waals surface area contributed by atoms with Gasteiger partial charge >= 0.3 is 0 Å². The average molecular weight is 386 g/mol. The molecule has 1 unspecified atom stereocenters. The summed E-state index contributed by atoms with van der Waals surface area (Å²) in [5.74, 6) is 0.148. The maximum atomic E-state index is 13.6. The van der Waals surface area contributed by atoms with Crippen LogP contribution in [0.15, 0.2) is 46.9 Å². The molecule has 0 fully saturated rings. The van der Waals surface area contributed by atoms with Gasteiger partial charge in [0, 0.05) is 5.33 Å². The maximum Gasteiger partial charge on any atom is 0.137 e. The third kappa shape index (κ3) is 3.46. The first-order chi connectivity index (χ1) is 9.13. The molecule has 2 aromatic rings. The van der Waals surface area contributed by atoms with Gasteiger partial charge in [-0.25, -0.2) is 4.39 Å². The molecule has 0 N–H and O–H groups in total. The molecule has 0 aliphatic heterocycles. The van der Waals surface area contributed by atoms with Crippen molar-refractivity contribution in [2.45, 2.75) is 19.3 Å². The summed E-state index contributed by atoms with van der Waals surface area (Å²) in [5.41, 5.74) is 3.60. The highest BCUT2D eigenvalue weighted by Crippen LogP contribution is 2.29. The molecule has 1 atom stereocenters. The van der Waals surface area contributed by atoms with Crippen molar-refractivity contribution in [1.82, 2.24) is 0 Å². The lowest BCUT2D eigenvalue weighted by molar-refractivity contribution is 0.615. The second kappa shape index (κ2) is 6.67. The van der Waals surface area contributed by atoms with Crippen LogP contribution in [0.25, 0.3) is 0 Å². The smallest absolute Gasteiger partial charge is 0.137 e. The van der Waals surface area contributed by atoms with Crippen molar-refractivity contribution in [3.63, 3.8) is 0 Å². The van der Waals surface area contributed by atoms with Crippen LogP contribution < -0.4 is 0 Å². The Labute approximate surface area is 130 Å². The Bertz CT molecular complexity index is 566. The van der Waals surface area contributed by atoms with E-state index in [1.165, 1.54) is 17.2 Å². The molecular formula is C16H15Br2F. The van der Waals surface area contributed by atoms with Crippen LogP contribution in [0.3, 0.4) is 0 Å². The molecule has 0 radical (unpaired) electrons. The Morgan fingerprint density at radius 1 is 1.11 bits per heavy atom. The van der Waals surface area contributed by atoms with E-state index in [0.29, 0.717) is 10.4 Å². The SMILES string of the molecule is Cc1ccccc1C(CBr)Cc1cccc(F)c1Br. The lowest BCUT2D eigenvalue weighted by Crippen LogP contribution is -2.07. The minimum atomic E-state index is -0.199. The van der Waals surface area contributed by atoms with Gasteiger partial charge in [0.25, 0.3) is 0 Å². The Balaban J connectivity index is 2.30. The van der Waals surface area contributed by atoms with Crippen LogP contribution in [0, 0.1) is 12.7 Å². The predicted molar refractivity (Wildman–Crippen MR) is 85.5 cm³/mol. The van der Waals surface area contributed by atoms with Crippen LogP contribution in [-0.4, -0.2) is 5.33 Å². The van der Waals surface area contributed by atoms with Gasteiger partial charge in [-0.05, 0) is 57.9 Å². The highest BCUT2D eigenvalue weighted by molar-refractivity contribution is 9.10. The molecule has 0 nitrogen and oxygen atoms in total. The molecule has 2 rings (SSSR count). The van der Waals surface area contributed by atoms with Gasteiger partial charge in [0.1, 0.15) is 5.82 Å². The second-order valence-electron chi connectivity index (χ2n) is 4.62. The molecule has 3 heteroatoms. The molecule has 0 saturated heterocycles. The first-order valence-electron chi connectivity index (χ1n) is 6.18. The zero-order chi connectivity index (χ0) is 13.8. The molecule has 0 heterocycles. The topological polar surface area (TPSA) is 0 Å². The third-order valence-electron chi connectivity index (χ3n) is 3.31. The summed E-state index contributed by atoms with van der Waals surface area (Å²) in [6.07, 6.45) is 0.814. The summed E-state index contributed by atoms with van der Waals surface area (Å²) in [7, 11) is 0. The fraction of sp³-hybridized carbons (Fsp3) is 0.250. The number of alkyl halides is 1. The summed E-state index contributed by atoms with van der Waals surface area (Å²) in [6, 6.07) is 13.6. The molecule has 0 saturated carbocycles. The number of hydrogen-bond donors (Lipinski definition) is 0. The summed E-state index contributed by atoms with van der Waals surface area (Å²) in [6.45, 7) is 2.12. The van der Waals surface area contributed by atoms with Crippen molar-refractivity contribution in [1.29, 1.82) is 0 Å². The monoisotopic (exact) mass is 384 g/mol. The molecule has 19 heavy (non-hydrogen) atoms. The quantitative estimate of drug-likeness (QED) is 0.599. The van der Waals surface area contributed by atoms with Gasteiger partial charge in [-0.15, -0.1) is 0 Å². The standard InChI is InChI=1S/C16H15Br2F/c1-11-5-2-3-7-14(11)13(10-17)9-12-6-4-8-15(19)16(12)18/h2-8,13H,9-10H2,1H3. The van der Waals surface area contributed by atoms with E-state index >= 15 is 0 Å². The van der Waals surface area contributed by atoms with Crippen LogP contribution in [0.4, 0.5) is 4.39 Å². The molecule has 0 aromatic heterocycles. The van der Waals surface area contributed by atoms with Gasteiger partial charge < -0.3 is 0 Å². The number of hydrogen-bond acceptors (Lipinski definition) is 0. The van der Waals surface area contributed by atoms with E-state index in [-0.39, 0.29) is 5.82 Å². The Kier molecular flexibility index (Phi) is 5.17. The number of benzene rings is 2. The zero-order valence-electron chi connectivity index (χ0n) is 10.7. The normalized spacial score (nSPS) is 12.4. The first kappa shape index (κ1) is 14.7. The molecule has 0 spiro atoms. The van der Waals surface area contributed by atoms with Gasteiger partial charge in [-0.1, -0.05) is 52.3 Å². The van der Waals surface area contributed by atoms with Crippen molar-refractivity contribution < 1.29 is 4.39 Å². The summed E-state index contributed by atoms with van der Waals surface area (Å²) < 4.78 is 14.1. The fourth-order valence-electron chi connectivity index (χ4n) is 2.26. The van der Waals surface area contributed by atoms with E-state index < -0.39 is 0 Å². The van der Waals surface area contributed by atoms with Crippen LogP contribution in [0.1, 0.15) is 22.6 Å². The maximum absolute atomic E-state index is 13.6. The van der Waals surface area contributed by atoms with E-state index in [4.69, 9.17) is 0 Å². The number of rotatable bonds is 4. The lowest BCUT2D eigenvalue weighted by atomic mass is 9.91. The number of aryl methyl sites for hydroxylation is 1. The molecule has 2 aromatic carbocycles. The Hall–Kier alpha value is -0.670. The summed E-state index contributed by atoms with van der Waals surface area (Å²) in [4.78, 5) is 0. The van der Waals surface area contributed by atoms with Crippen LogP contribution in [0.5, 0.6) is 0 Å². The van der Waals surface area contributed by atoms with Crippen molar-refractivity contribution in [2.75, 3.05) is 5.33 Å². The van der Waals surface area contributed by atoms with Gasteiger partial charge in [0.05, 0.1) is 4.47 Å². The van der Waals surface area contributed by atoms with Gasteiger partial charge in [0.15, 0.2) is 0 Å². The summed E-state index contributed by atoms with van der Waals surface area (Å²) in [5, 5.41) is 0.862. The second-order valence-corrected chi connectivity index (χ2v) is 6.07. The third-order valence-corrected chi connectivity index (χ3v) is 4.98.